The molecule has 0 spiro atoms. The van der Waals surface area contributed by atoms with Crippen molar-refractivity contribution in [3.63, 3.8) is 0 Å². The molecule has 5 heteroatoms. The van der Waals surface area contributed by atoms with E-state index in [2.05, 4.69) is 5.32 Å². The van der Waals surface area contributed by atoms with Crippen LogP contribution in [0, 0.1) is 0 Å². The van der Waals surface area contributed by atoms with E-state index in [-0.39, 0.29) is 12.4 Å². The maximum atomic E-state index is 12.7. The van der Waals surface area contributed by atoms with Crippen molar-refractivity contribution >= 4 is 11.9 Å². The molecule has 3 aromatic rings. The molecule has 1 atom stereocenters. The van der Waals surface area contributed by atoms with Crippen LogP contribution in [0.5, 0.6) is 5.75 Å². The van der Waals surface area contributed by atoms with Crippen LogP contribution in [0.1, 0.15) is 21.5 Å². The SMILES string of the molecule is O=C(N[C@@H](Cc1ccccc1)C(=O)OCc1ccccc1)c1ccc(O)cc1. The van der Waals surface area contributed by atoms with Crippen LogP contribution in [-0.4, -0.2) is 23.0 Å². The molecule has 0 saturated carbocycles. The van der Waals surface area contributed by atoms with Gasteiger partial charge < -0.3 is 15.2 Å². The zero-order valence-corrected chi connectivity index (χ0v) is 15.2. The van der Waals surface area contributed by atoms with E-state index in [1.807, 2.05) is 60.7 Å². The van der Waals surface area contributed by atoms with Crippen LogP contribution in [0.25, 0.3) is 0 Å². The number of phenolic OH excluding ortho intramolecular Hbond substituents is 1. The lowest BCUT2D eigenvalue weighted by Gasteiger charge is -2.18. The van der Waals surface area contributed by atoms with Gasteiger partial charge in [-0.1, -0.05) is 60.7 Å². The maximum absolute atomic E-state index is 12.7. The second-order valence-electron chi connectivity index (χ2n) is 6.36. The lowest BCUT2D eigenvalue weighted by atomic mass is 10.1. The Morgan fingerprint density at radius 1 is 0.821 bits per heavy atom. The number of hydrogen-bond donors (Lipinski definition) is 2. The van der Waals surface area contributed by atoms with Gasteiger partial charge in [0, 0.05) is 12.0 Å². The first kappa shape index (κ1) is 19.2. The number of esters is 1. The standard InChI is InChI=1S/C23H21NO4/c25-20-13-11-19(12-14-20)22(26)24-21(15-17-7-3-1-4-8-17)23(27)28-16-18-9-5-2-6-10-18/h1-14,21,25H,15-16H2,(H,24,26)/t21-/m0/s1. The van der Waals surface area contributed by atoms with Crippen molar-refractivity contribution in [2.45, 2.75) is 19.1 Å². The van der Waals surface area contributed by atoms with E-state index in [1.54, 1.807) is 0 Å². The molecule has 142 valence electrons. The third-order valence-corrected chi connectivity index (χ3v) is 4.23. The smallest absolute Gasteiger partial charge is 0.329 e. The van der Waals surface area contributed by atoms with E-state index in [0.29, 0.717) is 12.0 Å². The van der Waals surface area contributed by atoms with Gasteiger partial charge in [0.1, 0.15) is 18.4 Å². The van der Waals surface area contributed by atoms with Gasteiger partial charge >= 0.3 is 5.97 Å². The molecule has 0 aliphatic carbocycles. The van der Waals surface area contributed by atoms with Gasteiger partial charge in [0.15, 0.2) is 0 Å². The molecule has 5 nitrogen and oxygen atoms in total. The molecule has 0 radical (unpaired) electrons. The van der Waals surface area contributed by atoms with E-state index in [1.165, 1.54) is 24.3 Å². The number of phenols is 1. The lowest BCUT2D eigenvalue weighted by Crippen LogP contribution is -2.43. The molecule has 3 aromatic carbocycles. The first-order chi connectivity index (χ1) is 13.6. The highest BCUT2D eigenvalue weighted by Crippen LogP contribution is 2.11. The highest BCUT2D eigenvalue weighted by Gasteiger charge is 2.23. The summed E-state index contributed by atoms with van der Waals surface area (Å²) in [7, 11) is 0. The van der Waals surface area contributed by atoms with Crippen molar-refractivity contribution < 1.29 is 19.4 Å². The summed E-state index contributed by atoms with van der Waals surface area (Å²) in [4.78, 5) is 25.2. The molecule has 1 amide bonds. The van der Waals surface area contributed by atoms with E-state index < -0.39 is 17.9 Å². The first-order valence-corrected chi connectivity index (χ1v) is 8.96. The third kappa shape index (κ3) is 5.45. The molecule has 0 fully saturated rings. The normalized spacial score (nSPS) is 11.4. The fourth-order valence-corrected chi connectivity index (χ4v) is 2.73. The average molecular weight is 375 g/mol. The predicted octanol–water partition coefficient (Wildman–Crippen LogP) is 3.48. The summed E-state index contributed by atoms with van der Waals surface area (Å²) in [6.07, 6.45) is 0.318. The second-order valence-corrected chi connectivity index (χ2v) is 6.36. The Morgan fingerprint density at radius 3 is 2.00 bits per heavy atom. The summed E-state index contributed by atoms with van der Waals surface area (Å²) in [6.45, 7) is 0.139. The average Bonchev–Trinajstić information content (AvgIpc) is 2.73. The lowest BCUT2D eigenvalue weighted by molar-refractivity contribution is -0.147. The summed E-state index contributed by atoms with van der Waals surface area (Å²) in [5.41, 5.74) is 2.14. The van der Waals surface area contributed by atoms with Crippen LogP contribution < -0.4 is 5.32 Å². The molecule has 3 rings (SSSR count). The predicted molar refractivity (Wildman–Crippen MR) is 106 cm³/mol. The Balaban J connectivity index is 1.71. The quantitative estimate of drug-likeness (QED) is 0.620. The Hall–Kier alpha value is -3.60. The van der Waals surface area contributed by atoms with Gasteiger partial charge in [-0.05, 0) is 35.4 Å². The van der Waals surface area contributed by atoms with Gasteiger partial charge in [-0.3, -0.25) is 4.79 Å². The van der Waals surface area contributed by atoms with Crippen LogP contribution in [-0.2, 0) is 22.6 Å². The number of ether oxygens (including phenoxy) is 1. The molecule has 0 aliphatic heterocycles. The van der Waals surface area contributed by atoms with E-state index in [0.717, 1.165) is 11.1 Å². The van der Waals surface area contributed by atoms with Gasteiger partial charge in [-0.15, -0.1) is 0 Å². The largest absolute Gasteiger partial charge is 0.508 e. The van der Waals surface area contributed by atoms with Crippen LogP contribution in [0.3, 0.4) is 0 Å². The Bertz CT molecular complexity index is 908. The van der Waals surface area contributed by atoms with Gasteiger partial charge in [0.05, 0.1) is 0 Å². The number of nitrogens with one attached hydrogen (secondary N) is 1. The van der Waals surface area contributed by atoms with Crippen LogP contribution >= 0.6 is 0 Å². The number of hydrogen-bond acceptors (Lipinski definition) is 4. The van der Waals surface area contributed by atoms with Gasteiger partial charge in [-0.25, -0.2) is 4.79 Å². The highest BCUT2D eigenvalue weighted by atomic mass is 16.5. The molecule has 0 aromatic heterocycles. The molecule has 2 N–H and O–H groups in total. The van der Waals surface area contributed by atoms with E-state index >= 15 is 0 Å². The van der Waals surface area contributed by atoms with Crippen molar-refractivity contribution in [3.05, 3.63) is 102 Å². The number of benzene rings is 3. The van der Waals surface area contributed by atoms with Crippen molar-refractivity contribution in [2.75, 3.05) is 0 Å². The first-order valence-electron chi connectivity index (χ1n) is 8.96. The molecular weight excluding hydrogens is 354 g/mol. The van der Waals surface area contributed by atoms with Crippen LogP contribution in [0.15, 0.2) is 84.9 Å². The summed E-state index contributed by atoms with van der Waals surface area (Å²) >= 11 is 0. The molecular formula is C23H21NO4. The molecule has 0 bridgehead atoms. The van der Waals surface area contributed by atoms with E-state index in [9.17, 15) is 14.7 Å². The Morgan fingerprint density at radius 2 is 1.39 bits per heavy atom. The van der Waals surface area contributed by atoms with Gasteiger partial charge in [0.25, 0.3) is 5.91 Å². The minimum atomic E-state index is -0.826. The zero-order chi connectivity index (χ0) is 19.8. The molecule has 0 saturated heterocycles. The van der Waals surface area contributed by atoms with Crippen molar-refractivity contribution in [1.82, 2.24) is 5.32 Å². The number of amides is 1. The fourth-order valence-electron chi connectivity index (χ4n) is 2.73. The number of rotatable bonds is 7. The third-order valence-electron chi connectivity index (χ3n) is 4.23. The van der Waals surface area contributed by atoms with Crippen LogP contribution in [0.2, 0.25) is 0 Å². The minimum Gasteiger partial charge on any atom is -0.508 e. The maximum Gasteiger partial charge on any atom is 0.329 e. The Kier molecular flexibility index (Phi) is 6.41. The molecule has 28 heavy (non-hydrogen) atoms. The topological polar surface area (TPSA) is 75.6 Å². The minimum absolute atomic E-state index is 0.0691. The van der Waals surface area contributed by atoms with Crippen molar-refractivity contribution in [2.24, 2.45) is 0 Å². The summed E-state index contributed by atoms with van der Waals surface area (Å²) in [5, 5.41) is 12.1. The number of carbonyl (C=O) groups is 2. The Labute approximate surface area is 163 Å². The van der Waals surface area contributed by atoms with Crippen LogP contribution in [0.4, 0.5) is 0 Å². The van der Waals surface area contributed by atoms with Gasteiger partial charge in [0.2, 0.25) is 0 Å². The van der Waals surface area contributed by atoms with Crippen molar-refractivity contribution in [1.29, 1.82) is 0 Å². The molecule has 0 aliphatic rings. The van der Waals surface area contributed by atoms with Crippen molar-refractivity contribution in [3.8, 4) is 5.75 Å². The van der Waals surface area contributed by atoms with Gasteiger partial charge in [-0.2, -0.15) is 0 Å². The molecule has 0 heterocycles. The zero-order valence-electron chi connectivity index (χ0n) is 15.2. The summed E-state index contributed by atoms with van der Waals surface area (Å²) in [6, 6.07) is 23.8. The van der Waals surface area contributed by atoms with E-state index in [4.69, 9.17) is 4.74 Å². The summed E-state index contributed by atoms with van der Waals surface area (Å²) in [5.74, 6) is -0.836. The molecule has 0 unspecified atom stereocenters. The second kappa shape index (κ2) is 9.37. The number of carbonyl (C=O) groups excluding carboxylic acids is 2. The monoisotopic (exact) mass is 375 g/mol. The fraction of sp³-hybridized carbons (Fsp3) is 0.130. The summed E-state index contributed by atoms with van der Waals surface area (Å²) < 4.78 is 5.42. The number of aromatic hydroxyl groups is 1. The highest BCUT2D eigenvalue weighted by molar-refractivity contribution is 5.96.